The average molecular weight is 515 g/mol. The van der Waals surface area contributed by atoms with Crippen molar-refractivity contribution in [2.45, 2.75) is 25.7 Å². The number of sulfone groups is 1. The fraction of sp³-hybridized carbons (Fsp3) is 0.231. The van der Waals surface area contributed by atoms with Crippen molar-refractivity contribution in [3.8, 4) is 11.5 Å². The van der Waals surface area contributed by atoms with Crippen molar-refractivity contribution in [2.75, 3.05) is 18.0 Å². The van der Waals surface area contributed by atoms with Crippen LogP contribution >= 0.6 is 0 Å². The molecule has 0 fully saturated rings. The van der Waals surface area contributed by atoms with Crippen LogP contribution in [0.3, 0.4) is 0 Å². The summed E-state index contributed by atoms with van der Waals surface area (Å²) in [5.41, 5.74) is 1.59. The molecule has 1 aromatic carbocycles. The van der Waals surface area contributed by atoms with E-state index in [-0.39, 0.29) is 21.5 Å². The molecule has 10 nitrogen and oxygen atoms in total. The summed E-state index contributed by atoms with van der Waals surface area (Å²) >= 11 is 0. The first kappa shape index (κ1) is 24.4. The molecule has 188 valence electrons. The molecule has 0 atom stereocenters. The minimum atomic E-state index is -4.00. The summed E-state index contributed by atoms with van der Waals surface area (Å²) in [4.78, 5) is 21.4. The summed E-state index contributed by atoms with van der Waals surface area (Å²) in [5.74, 6) is 1.36. The molecule has 0 bridgehead atoms. The lowest BCUT2D eigenvalue weighted by molar-refractivity contribution is 0.607. The molecule has 0 spiro atoms. The molecule has 1 aliphatic rings. The molecule has 0 N–H and O–H groups in total. The Labute approximate surface area is 215 Å². The smallest absolute Gasteiger partial charge is 0.228 e. The zero-order chi connectivity index (χ0) is 26.0. The summed E-state index contributed by atoms with van der Waals surface area (Å²) in [6.07, 6.45) is 3.38. The molecule has 4 aromatic rings. The Morgan fingerprint density at radius 1 is 1.00 bits per heavy atom. The minimum Gasteiger partial charge on any atom is -0.370 e. The van der Waals surface area contributed by atoms with Crippen LogP contribution in [0.4, 0.5) is 11.5 Å². The number of nitrogens with zero attached hydrogens (tertiary/aromatic N) is 8. The predicted octanol–water partition coefficient (Wildman–Crippen LogP) is 3.99. The molecule has 5 rings (SSSR count). The molecule has 4 heterocycles. The number of hydrogen-bond donors (Lipinski definition) is 0. The third kappa shape index (κ3) is 4.90. The van der Waals surface area contributed by atoms with Crippen molar-refractivity contribution in [1.29, 1.82) is 0 Å². The van der Waals surface area contributed by atoms with Gasteiger partial charge in [-0.15, -0.1) is 15.0 Å². The fourth-order valence-corrected chi connectivity index (χ4v) is 5.26. The Hall–Kier alpha value is -4.25. The predicted molar refractivity (Wildman–Crippen MR) is 143 cm³/mol. The van der Waals surface area contributed by atoms with Crippen LogP contribution in [0.5, 0.6) is 0 Å². The second-order valence-electron chi connectivity index (χ2n) is 8.85. The standard InChI is InChI=1S/C26H26N8O2S/c1-4-33(17-18(2)3)19-13-14-22(28-16-19)29-23-25-30-24(21-12-8-9-15-27-21)31-34(25)32-26(23)37(35,36)20-10-6-5-7-11-20/h5-16,18H,4,17H2,1-3H3. The molecule has 0 radical (unpaired) electrons. The largest absolute Gasteiger partial charge is 0.370 e. The molecular formula is C26H26N8O2S. The van der Waals surface area contributed by atoms with Gasteiger partial charge in [0.2, 0.25) is 26.5 Å². The molecule has 0 unspecified atom stereocenters. The fourth-order valence-electron chi connectivity index (χ4n) is 3.95. The van der Waals surface area contributed by atoms with E-state index in [9.17, 15) is 8.42 Å². The highest BCUT2D eigenvalue weighted by Gasteiger charge is 2.37. The van der Waals surface area contributed by atoms with Crippen molar-refractivity contribution in [1.82, 2.24) is 24.8 Å². The number of pyridine rings is 2. The number of fused-ring (bicyclic) bond motifs is 1. The second-order valence-corrected chi connectivity index (χ2v) is 10.7. The number of benzene rings is 1. The molecule has 37 heavy (non-hydrogen) atoms. The van der Waals surface area contributed by atoms with Gasteiger partial charge in [-0.3, -0.25) is 4.98 Å². The van der Waals surface area contributed by atoms with Crippen LogP contribution in [0.15, 0.2) is 88.0 Å². The van der Waals surface area contributed by atoms with Crippen LogP contribution in [0.1, 0.15) is 26.6 Å². The normalized spacial score (nSPS) is 14.2. The SMILES string of the molecule is CCN(CC(C)C)c1ccc(N=C2C(S(=O)(=O)c3ccccc3)=Nn3nc(-c4ccccn4)nc32)nc1. The lowest BCUT2D eigenvalue weighted by Crippen LogP contribution is -2.27. The maximum atomic E-state index is 13.5. The minimum absolute atomic E-state index is 0.0771. The summed E-state index contributed by atoms with van der Waals surface area (Å²) in [5, 5.41) is 8.43. The molecule has 3 aromatic heterocycles. The Kier molecular flexibility index (Phi) is 6.62. The third-order valence-electron chi connectivity index (χ3n) is 5.68. The van der Waals surface area contributed by atoms with Gasteiger partial charge in [0.05, 0.1) is 16.8 Å². The van der Waals surface area contributed by atoms with Crippen molar-refractivity contribution in [3.05, 3.63) is 78.9 Å². The van der Waals surface area contributed by atoms with Gasteiger partial charge in [0.15, 0.2) is 11.5 Å². The van der Waals surface area contributed by atoms with E-state index in [0.717, 1.165) is 18.8 Å². The van der Waals surface area contributed by atoms with Gasteiger partial charge >= 0.3 is 0 Å². The summed E-state index contributed by atoms with van der Waals surface area (Å²) < 4.78 is 27.0. The summed E-state index contributed by atoms with van der Waals surface area (Å²) in [6.45, 7) is 8.18. The van der Waals surface area contributed by atoms with Crippen LogP contribution in [-0.4, -0.2) is 57.1 Å². The number of aromatic nitrogens is 5. The highest BCUT2D eigenvalue weighted by atomic mass is 32.2. The van der Waals surface area contributed by atoms with Gasteiger partial charge < -0.3 is 4.90 Å². The Morgan fingerprint density at radius 2 is 1.78 bits per heavy atom. The lowest BCUT2D eigenvalue weighted by Gasteiger charge is -2.24. The van der Waals surface area contributed by atoms with E-state index in [1.807, 2.05) is 12.1 Å². The summed E-state index contributed by atoms with van der Waals surface area (Å²) in [6, 6.07) is 17.2. The molecule has 1 aliphatic heterocycles. The highest BCUT2D eigenvalue weighted by molar-refractivity contribution is 8.08. The Morgan fingerprint density at radius 3 is 2.43 bits per heavy atom. The topological polar surface area (TPSA) is 119 Å². The van der Waals surface area contributed by atoms with E-state index >= 15 is 0 Å². The number of anilines is 1. The van der Waals surface area contributed by atoms with E-state index < -0.39 is 9.84 Å². The summed E-state index contributed by atoms with van der Waals surface area (Å²) in [7, 11) is -4.00. The third-order valence-corrected chi connectivity index (χ3v) is 7.36. The van der Waals surface area contributed by atoms with Crippen LogP contribution in [0.2, 0.25) is 0 Å². The zero-order valence-electron chi connectivity index (χ0n) is 20.7. The molecule has 0 amide bonds. The molecular weight excluding hydrogens is 488 g/mol. The zero-order valence-corrected chi connectivity index (χ0v) is 21.5. The average Bonchev–Trinajstić information content (AvgIpc) is 3.48. The Balaban J connectivity index is 1.58. The highest BCUT2D eigenvalue weighted by Crippen LogP contribution is 2.25. The van der Waals surface area contributed by atoms with Crippen molar-refractivity contribution < 1.29 is 8.42 Å². The second kappa shape index (κ2) is 10.0. The van der Waals surface area contributed by atoms with Crippen LogP contribution in [-0.2, 0) is 9.84 Å². The number of aliphatic imine (C=N–C) groups is 1. The van der Waals surface area contributed by atoms with E-state index in [0.29, 0.717) is 23.3 Å². The molecule has 0 saturated carbocycles. The molecule has 0 aliphatic carbocycles. The van der Waals surface area contributed by atoms with Crippen molar-refractivity contribution >= 4 is 32.1 Å². The lowest BCUT2D eigenvalue weighted by atomic mass is 10.2. The van der Waals surface area contributed by atoms with Gasteiger partial charge in [0.1, 0.15) is 5.69 Å². The van der Waals surface area contributed by atoms with Gasteiger partial charge in [-0.2, -0.15) is 0 Å². The molecule has 0 saturated heterocycles. The van der Waals surface area contributed by atoms with Crippen LogP contribution in [0.25, 0.3) is 11.5 Å². The molecule has 11 heteroatoms. The van der Waals surface area contributed by atoms with E-state index in [1.165, 1.54) is 16.9 Å². The van der Waals surface area contributed by atoms with Crippen LogP contribution in [0, 0.1) is 5.92 Å². The Bertz CT molecular complexity index is 1560. The van der Waals surface area contributed by atoms with Gasteiger partial charge in [0, 0.05) is 19.3 Å². The van der Waals surface area contributed by atoms with Gasteiger partial charge in [-0.25, -0.2) is 23.4 Å². The van der Waals surface area contributed by atoms with Crippen molar-refractivity contribution in [2.24, 2.45) is 16.0 Å². The first-order valence-electron chi connectivity index (χ1n) is 11.9. The quantitative estimate of drug-likeness (QED) is 0.366. The van der Waals surface area contributed by atoms with Gasteiger partial charge in [-0.1, -0.05) is 38.1 Å². The first-order chi connectivity index (χ1) is 17.9. The van der Waals surface area contributed by atoms with Gasteiger partial charge in [0.25, 0.3) is 0 Å². The van der Waals surface area contributed by atoms with Crippen LogP contribution < -0.4 is 4.90 Å². The maximum Gasteiger partial charge on any atom is 0.228 e. The number of hydrogen-bond acceptors (Lipinski definition) is 9. The first-order valence-corrected chi connectivity index (χ1v) is 13.4. The monoisotopic (exact) mass is 514 g/mol. The van der Waals surface area contributed by atoms with E-state index in [4.69, 9.17) is 0 Å². The van der Waals surface area contributed by atoms with E-state index in [2.05, 4.69) is 55.8 Å². The van der Waals surface area contributed by atoms with E-state index in [1.54, 1.807) is 48.8 Å². The van der Waals surface area contributed by atoms with Gasteiger partial charge in [-0.05, 0) is 49.2 Å². The van der Waals surface area contributed by atoms with Crippen molar-refractivity contribution in [3.63, 3.8) is 0 Å². The number of rotatable bonds is 7. The maximum absolute atomic E-state index is 13.5.